The zero-order valence-corrected chi connectivity index (χ0v) is 12.9. The van der Waals surface area contributed by atoms with Crippen LogP contribution in [0.25, 0.3) is 6.08 Å². The monoisotopic (exact) mass is 301 g/mol. The molecule has 0 bridgehead atoms. The van der Waals surface area contributed by atoms with Gasteiger partial charge in [-0.1, -0.05) is 18.2 Å². The Balaban J connectivity index is 2.19. The van der Waals surface area contributed by atoms with Crippen LogP contribution in [0.15, 0.2) is 41.7 Å². The van der Waals surface area contributed by atoms with E-state index in [4.69, 9.17) is 4.74 Å². The third-order valence-corrected chi connectivity index (χ3v) is 3.36. The van der Waals surface area contributed by atoms with Crippen LogP contribution in [0, 0.1) is 0 Å². The van der Waals surface area contributed by atoms with Crippen LogP contribution in [0.2, 0.25) is 0 Å². The van der Waals surface area contributed by atoms with Crippen molar-refractivity contribution in [3.8, 4) is 0 Å². The Labute approximate surface area is 129 Å². The smallest absolute Gasteiger partial charge is 0.345 e. The highest BCUT2D eigenvalue weighted by molar-refractivity contribution is 6.19. The molecule has 1 atom stereocenters. The zero-order valence-electron chi connectivity index (χ0n) is 12.9. The van der Waals surface area contributed by atoms with E-state index in [1.807, 2.05) is 43.3 Å². The number of ketones is 1. The number of carbonyl (C=O) groups excluding carboxylic acids is 2. The van der Waals surface area contributed by atoms with Gasteiger partial charge in [0, 0.05) is 26.2 Å². The van der Waals surface area contributed by atoms with E-state index in [9.17, 15) is 14.7 Å². The molecule has 1 heterocycles. The van der Waals surface area contributed by atoms with Crippen molar-refractivity contribution in [2.75, 3.05) is 19.0 Å². The predicted molar refractivity (Wildman–Crippen MR) is 84.6 cm³/mol. The molecule has 0 amide bonds. The summed E-state index contributed by atoms with van der Waals surface area (Å²) in [5.74, 6) is -1.53. The number of benzene rings is 1. The van der Waals surface area contributed by atoms with E-state index in [2.05, 4.69) is 0 Å². The lowest BCUT2D eigenvalue weighted by molar-refractivity contribution is -0.150. The molecule has 2 rings (SSSR count). The molecule has 0 aromatic heterocycles. The number of aliphatic hydroxyl groups is 1. The SMILES string of the molecule is CC1CC(=O)/C(=C(O)\C=C\c2ccc(N(C)C)cc2)C(=O)O1. The van der Waals surface area contributed by atoms with Crippen molar-refractivity contribution < 1.29 is 19.4 Å². The van der Waals surface area contributed by atoms with Crippen LogP contribution in [0.3, 0.4) is 0 Å². The standard InChI is InChI=1S/C17H19NO4/c1-11-10-15(20)16(17(21)22-11)14(19)9-6-12-4-7-13(8-5-12)18(2)3/h4-9,11,19H,10H2,1-3H3/b9-6+,16-14-. The van der Waals surface area contributed by atoms with E-state index in [-0.39, 0.29) is 17.8 Å². The van der Waals surface area contributed by atoms with Crippen LogP contribution < -0.4 is 4.90 Å². The Morgan fingerprint density at radius 3 is 2.45 bits per heavy atom. The third kappa shape index (κ3) is 3.55. The highest BCUT2D eigenvalue weighted by Gasteiger charge is 2.32. The van der Waals surface area contributed by atoms with Crippen molar-refractivity contribution in [3.63, 3.8) is 0 Å². The summed E-state index contributed by atoms with van der Waals surface area (Å²) >= 11 is 0. The Hall–Kier alpha value is -2.56. The van der Waals surface area contributed by atoms with Crippen molar-refractivity contribution >= 4 is 23.5 Å². The quantitative estimate of drug-likeness (QED) is 0.402. The number of hydrogen-bond acceptors (Lipinski definition) is 5. The normalized spacial score (nSPS) is 21.0. The number of rotatable bonds is 3. The maximum absolute atomic E-state index is 11.8. The van der Waals surface area contributed by atoms with E-state index in [0.29, 0.717) is 0 Å². The molecule has 116 valence electrons. The first-order valence-electron chi connectivity index (χ1n) is 7.01. The van der Waals surface area contributed by atoms with Gasteiger partial charge >= 0.3 is 5.97 Å². The van der Waals surface area contributed by atoms with E-state index >= 15 is 0 Å². The van der Waals surface area contributed by atoms with Gasteiger partial charge in [-0.05, 0) is 30.7 Å². The topological polar surface area (TPSA) is 66.8 Å². The van der Waals surface area contributed by atoms with Crippen LogP contribution >= 0.6 is 0 Å². The number of anilines is 1. The molecule has 22 heavy (non-hydrogen) atoms. The highest BCUT2D eigenvalue weighted by atomic mass is 16.5. The summed E-state index contributed by atoms with van der Waals surface area (Å²) in [4.78, 5) is 25.5. The summed E-state index contributed by atoms with van der Waals surface area (Å²) in [5, 5.41) is 9.97. The van der Waals surface area contributed by atoms with Gasteiger partial charge < -0.3 is 14.7 Å². The fraction of sp³-hybridized carbons (Fsp3) is 0.294. The summed E-state index contributed by atoms with van der Waals surface area (Å²) in [6.45, 7) is 1.64. The minimum absolute atomic E-state index is 0.0938. The molecular formula is C17H19NO4. The molecule has 1 aliphatic rings. The van der Waals surface area contributed by atoms with E-state index in [0.717, 1.165) is 11.3 Å². The zero-order chi connectivity index (χ0) is 16.3. The minimum Gasteiger partial charge on any atom is -0.507 e. The maximum atomic E-state index is 11.8. The number of carbonyl (C=O) groups is 2. The molecule has 1 saturated heterocycles. The molecule has 1 aromatic carbocycles. The number of aliphatic hydroxyl groups excluding tert-OH is 1. The number of allylic oxidation sites excluding steroid dienone is 1. The minimum atomic E-state index is -0.770. The van der Waals surface area contributed by atoms with Gasteiger partial charge in [-0.3, -0.25) is 4.79 Å². The van der Waals surface area contributed by atoms with E-state index < -0.39 is 17.9 Å². The average molecular weight is 301 g/mol. The number of Topliss-reactive ketones (excluding diaryl/α,β-unsaturated/α-hetero) is 1. The van der Waals surface area contributed by atoms with Crippen LogP contribution in [0.5, 0.6) is 0 Å². The molecule has 1 aliphatic heterocycles. The number of ether oxygens (including phenoxy) is 1. The van der Waals surface area contributed by atoms with Gasteiger partial charge in [0.25, 0.3) is 0 Å². The van der Waals surface area contributed by atoms with Crippen LogP contribution in [-0.4, -0.2) is 37.1 Å². The molecule has 0 aliphatic carbocycles. The Morgan fingerprint density at radius 2 is 1.91 bits per heavy atom. The summed E-state index contributed by atoms with van der Waals surface area (Å²) in [6, 6.07) is 7.64. The molecule has 0 radical (unpaired) electrons. The predicted octanol–water partition coefficient (Wildman–Crippen LogP) is 2.48. The molecule has 1 aromatic rings. The van der Waals surface area contributed by atoms with Crippen molar-refractivity contribution in [2.24, 2.45) is 0 Å². The second-order valence-corrected chi connectivity index (χ2v) is 5.42. The van der Waals surface area contributed by atoms with Gasteiger partial charge in [0.1, 0.15) is 17.4 Å². The van der Waals surface area contributed by atoms with Gasteiger partial charge in [-0.25, -0.2) is 4.79 Å². The fourth-order valence-electron chi connectivity index (χ4n) is 2.15. The first-order chi connectivity index (χ1) is 10.4. The van der Waals surface area contributed by atoms with Crippen molar-refractivity contribution in [1.82, 2.24) is 0 Å². The molecular weight excluding hydrogens is 282 g/mol. The molecule has 1 fully saturated rings. The summed E-state index contributed by atoms with van der Waals surface area (Å²) in [5.41, 5.74) is 1.63. The van der Waals surface area contributed by atoms with Gasteiger partial charge in [-0.2, -0.15) is 0 Å². The Morgan fingerprint density at radius 1 is 1.27 bits per heavy atom. The Kier molecular flexibility index (Phi) is 4.65. The second-order valence-electron chi connectivity index (χ2n) is 5.42. The van der Waals surface area contributed by atoms with Crippen molar-refractivity contribution in [2.45, 2.75) is 19.4 Å². The van der Waals surface area contributed by atoms with Crippen LogP contribution in [-0.2, 0) is 14.3 Å². The van der Waals surface area contributed by atoms with E-state index in [1.165, 1.54) is 6.08 Å². The third-order valence-electron chi connectivity index (χ3n) is 3.36. The first kappa shape index (κ1) is 15.8. The largest absolute Gasteiger partial charge is 0.507 e. The summed E-state index contributed by atoms with van der Waals surface area (Å²) < 4.78 is 4.97. The molecule has 1 N–H and O–H groups in total. The first-order valence-corrected chi connectivity index (χ1v) is 7.01. The lowest BCUT2D eigenvalue weighted by Crippen LogP contribution is -2.31. The fourth-order valence-corrected chi connectivity index (χ4v) is 2.15. The summed E-state index contributed by atoms with van der Waals surface area (Å²) in [6.07, 6.45) is 2.63. The van der Waals surface area contributed by atoms with Gasteiger partial charge in [0.15, 0.2) is 5.78 Å². The summed E-state index contributed by atoms with van der Waals surface area (Å²) in [7, 11) is 3.89. The van der Waals surface area contributed by atoms with Gasteiger partial charge in [0.05, 0.1) is 0 Å². The maximum Gasteiger partial charge on any atom is 0.345 e. The average Bonchev–Trinajstić information content (AvgIpc) is 2.44. The molecule has 0 spiro atoms. The van der Waals surface area contributed by atoms with Crippen LogP contribution in [0.1, 0.15) is 18.9 Å². The molecule has 0 saturated carbocycles. The van der Waals surface area contributed by atoms with Crippen molar-refractivity contribution in [1.29, 1.82) is 0 Å². The van der Waals surface area contributed by atoms with Crippen molar-refractivity contribution in [3.05, 3.63) is 47.2 Å². The van der Waals surface area contributed by atoms with Crippen LogP contribution in [0.4, 0.5) is 5.69 Å². The lowest BCUT2D eigenvalue weighted by Gasteiger charge is -2.19. The molecule has 1 unspecified atom stereocenters. The highest BCUT2D eigenvalue weighted by Crippen LogP contribution is 2.20. The van der Waals surface area contributed by atoms with Gasteiger partial charge in [-0.15, -0.1) is 0 Å². The number of hydrogen-bond donors (Lipinski definition) is 1. The number of nitrogens with zero attached hydrogens (tertiary/aromatic N) is 1. The number of cyclic esters (lactones) is 1. The Bertz CT molecular complexity index is 621. The molecule has 5 heteroatoms. The molecule has 5 nitrogen and oxygen atoms in total. The number of esters is 1. The van der Waals surface area contributed by atoms with E-state index in [1.54, 1.807) is 13.0 Å². The van der Waals surface area contributed by atoms with Gasteiger partial charge in [0.2, 0.25) is 0 Å². The second kappa shape index (κ2) is 6.47. The lowest BCUT2D eigenvalue weighted by atomic mass is 10.0.